The van der Waals surface area contributed by atoms with Crippen molar-refractivity contribution in [2.75, 3.05) is 32.1 Å². The highest BCUT2D eigenvalue weighted by Crippen LogP contribution is 2.44. The fourth-order valence-electron chi connectivity index (χ4n) is 2.04. The average molecular weight is 238 g/mol. The maximum absolute atomic E-state index is 9.22. The summed E-state index contributed by atoms with van der Waals surface area (Å²) in [7, 11) is 6.01. The first-order chi connectivity index (χ1) is 8.08. The van der Waals surface area contributed by atoms with Crippen LogP contribution in [0.5, 0.6) is 0 Å². The van der Waals surface area contributed by atoms with Gasteiger partial charge in [0.25, 0.3) is 0 Å². The summed E-state index contributed by atoms with van der Waals surface area (Å²) >= 11 is 0. The average Bonchev–Trinajstić information content (AvgIpc) is 2.98. The molecule has 0 spiro atoms. The summed E-state index contributed by atoms with van der Waals surface area (Å²) < 4.78 is 2.09. The van der Waals surface area contributed by atoms with E-state index < -0.39 is 0 Å². The van der Waals surface area contributed by atoms with Gasteiger partial charge in [-0.1, -0.05) is 0 Å². The number of aliphatic hydroxyl groups is 1. The first kappa shape index (κ1) is 12.4. The Morgan fingerprint density at radius 3 is 2.71 bits per heavy atom. The topological polar surface area (TPSA) is 53.3 Å². The zero-order chi connectivity index (χ0) is 12.5. The van der Waals surface area contributed by atoms with Gasteiger partial charge in [-0.05, 0) is 12.8 Å². The molecular weight excluding hydrogens is 216 g/mol. The van der Waals surface area contributed by atoms with Gasteiger partial charge in [0.1, 0.15) is 0 Å². The van der Waals surface area contributed by atoms with Crippen molar-refractivity contribution in [3.8, 4) is 0 Å². The standard InChI is InChI=1S/C12H22N4O/c1-15(2)11-14-7-10(16(11)3)6-13-8-12(9-17)4-5-12/h7,13,17H,4-6,8-9H2,1-3H3. The largest absolute Gasteiger partial charge is 0.396 e. The Morgan fingerprint density at radius 2 is 2.24 bits per heavy atom. The van der Waals surface area contributed by atoms with Crippen molar-refractivity contribution in [1.82, 2.24) is 14.9 Å². The third-order valence-electron chi connectivity index (χ3n) is 3.56. The van der Waals surface area contributed by atoms with E-state index in [1.807, 2.05) is 32.2 Å². The molecule has 0 bridgehead atoms. The van der Waals surface area contributed by atoms with Crippen molar-refractivity contribution in [3.05, 3.63) is 11.9 Å². The fraction of sp³-hybridized carbons (Fsp3) is 0.750. The van der Waals surface area contributed by atoms with Gasteiger partial charge in [0.05, 0.1) is 11.9 Å². The highest BCUT2D eigenvalue weighted by atomic mass is 16.3. The smallest absolute Gasteiger partial charge is 0.204 e. The Labute approximate surface area is 102 Å². The van der Waals surface area contributed by atoms with E-state index in [4.69, 9.17) is 0 Å². The molecule has 2 N–H and O–H groups in total. The minimum absolute atomic E-state index is 0.170. The van der Waals surface area contributed by atoms with Crippen molar-refractivity contribution >= 4 is 5.95 Å². The van der Waals surface area contributed by atoms with Crippen LogP contribution in [0.2, 0.25) is 0 Å². The van der Waals surface area contributed by atoms with Crippen LogP contribution in [-0.4, -0.2) is 41.9 Å². The summed E-state index contributed by atoms with van der Waals surface area (Å²) in [5.74, 6) is 0.963. The predicted octanol–water partition coefficient (Wildman–Crippen LogP) is 0.348. The Kier molecular flexibility index (Phi) is 3.40. The van der Waals surface area contributed by atoms with Gasteiger partial charge in [-0.2, -0.15) is 0 Å². The van der Waals surface area contributed by atoms with Crippen molar-refractivity contribution in [2.24, 2.45) is 12.5 Å². The SMILES string of the molecule is CN(C)c1ncc(CNCC2(CO)CC2)n1C. The number of hydrogen-bond acceptors (Lipinski definition) is 4. The Bertz CT molecular complexity index is 382. The van der Waals surface area contributed by atoms with Crippen LogP contribution in [0, 0.1) is 5.41 Å². The minimum Gasteiger partial charge on any atom is -0.396 e. The third-order valence-corrected chi connectivity index (χ3v) is 3.56. The van der Waals surface area contributed by atoms with E-state index in [9.17, 15) is 5.11 Å². The second-order valence-electron chi connectivity index (χ2n) is 5.26. The van der Waals surface area contributed by atoms with Crippen LogP contribution in [0.15, 0.2) is 6.20 Å². The van der Waals surface area contributed by atoms with Crippen LogP contribution in [0.25, 0.3) is 0 Å². The van der Waals surface area contributed by atoms with Crippen molar-refractivity contribution in [1.29, 1.82) is 0 Å². The first-order valence-electron chi connectivity index (χ1n) is 6.07. The molecule has 0 aliphatic heterocycles. The molecule has 1 saturated carbocycles. The van der Waals surface area contributed by atoms with Gasteiger partial charge in [0.15, 0.2) is 0 Å². The zero-order valence-electron chi connectivity index (χ0n) is 10.9. The Balaban J connectivity index is 1.87. The lowest BCUT2D eigenvalue weighted by molar-refractivity contribution is 0.207. The highest BCUT2D eigenvalue weighted by molar-refractivity contribution is 5.30. The molecule has 1 heterocycles. The van der Waals surface area contributed by atoms with E-state index in [0.717, 1.165) is 31.9 Å². The van der Waals surface area contributed by atoms with Gasteiger partial charge in [0.2, 0.25) is 5.95 Å². The number of nitrogens with one attached hydrogen (secondary N) is 1. The lowest BCUT2D eigenvalue weighted by Crippen LogP contribution is -2.27. The maximum atomic E-state index is 9.22. The molecular formula is C12H22N4O. The molecule has 0 amide bonds. The monoisotopic (exact) mass is 238 g/mol. The van der Waals surface area contributed by atoms with Crippen molar-refractivity contribution in [3.63, 3.8) is 0 Å². The molecule has 1 aliphatic rings. The van der Waals surface area contributed by atoms with Crippen LogP contribution >= 0.6 is 0 Å². The van der Waals surface area contributed by atoms with Crippen LogP contribution < -0.4 is 10.2 Å². The van der Waals surface area contributed by atoms with Crippen molar-refractivity contribution in [2.45, 2.75) is 19.4 Å². The lowest BCUT2D eigenvalue weighted by atomic mass is 10.1. The maximum Gasteiger partial charge on any atom is 0.204 e. The number of anilines is 1. The molecule has 5 heteroatoms. The molecule has 0 saturated heterocycles. The molecule has 1 aliphatic carbocycles. The van der Waals surface area contributed by atoms with Gasteiger partial charge >= 0.3 is 0 Å². The molecule has 0 radical (unpaired) electrons. The van der Waals surface area contributed by atoms with E-state index in [2.05, 4.69) is 14.9 Å². The lowest BCUT2D eigenvalue weighted by Gasteiger charge is -2.14. The van der Waals surface area contributed by atoms with Gasteiger partial charge in [-0.15, -0.1) is 0 Å². The quantitative estimate of drug-likeness (QED) is 0.751. The molecule has 1 fully saturated rings. The van der Waals surface area contributed by atoms with Crippen molar-refractivity contribution < 1.29 is 5.11 Å². The molecule has 1 aromatic rings. The van der Waals surface area contributed by atoms with Gasteiger partial charge in [0, 0.05) is 46.3 Å². The molecule has 2 rings (SSSR count). The zero-order valence-corrected chi connectivity index (χ0v) is 10.9. The number of hydrogen-bond donors (Lipinski definition) is 2. The first-order valence-corrected chi connectivity index (χ1v) is 6.07. The normalized spacial score (nSPS) is 17.2. The molecule has 96 valence electrons. The van der Waals surface area contributed by atoms with Crippen LogP contribution in [-0.2, 0) is 13.6 Å². The van der Waals surface area contributed by atoms with Crippen LogP contribution in [0.4, 0.5) is 5.95 Å². The Hall–Kier alpha value is -1.07. The predicted molar refractivity (Wildman–Crippen MR) is 68.0 cm³/mol. The van der Waals surface area contributed by atoms with Gasteiger partial charge in [-0.3, -0.25) is 0 Å². The summed E-state index contributed by atoms with van der Waals surface area (Å²) in [6.07, 6.45) is 4.19. The summed E-state index contributed by atoms with van der Waals surface area (Å²) in [5, 5.41) is 12.6. The summed E-state index contributed by atoms with van der Waals surface area (Å²) in [5.41, 5.74) is 1.34. The second-order valence-corrected chi connectivity index (χ2v) is 5.26. The molecule has 17 heavy (non-hydrogen) atoms. The Morgan fingerprint density at radius 1 is 1.53 bits per heavy atom. The van der Waals surface area contributed by atoms with E-state index in [0.29, 0.717) is 6.61 Å². The molecule has 0 atom stereocenters. The van der Waals surface area contributed by atoms with Crippen LogP contribution in [0.3, 0.4) is 0 Å². The second kappa shape index (κ2) is 4.66. The number of rotatable bonds is 6. The summed E-state index contributed by atoms with van der Waals surface area (Å²) in [6.45, 7) is 2.00. The van der Waals surface area contributed by atoms with Gasteiger partial charge < -0.3 is 19.9 Å². The number of aromatic nitrogens is 2. The highest BCUT2D eigenvalue weighted by Gasteiger charge is 2.41. The van der Waals surface area contributed by atoms with Crippen LogP contribution in [0.1, 0.15) is 18.5 Å². The number of nitrogens with zero attached hydrogens (tertiary/aromatic N) is 3. The summed E-state index contributed by atoms with van der Waals surface area (Å²) in [4.78, 5) is 6.37. The molecule has 0 unspecified atom stereocenters. The molecule has 0 aromatic carbocycles. The number of aliphatic hydroxyl groups excluding tert-OH is 1. The van der Waals surface area contributed by atoms with E-state index in [-0.39, 0.29) is 5.41 Å². The van der Waals surface area contributed by atoms with E-state index in [1.54, 1.807) is 0 Å². The third kappa shape index (κ3) is 2.61. The molecule has 1 aromatic heterocycles. The van der Waals surface area contributed by atoms with E-state index in [1.165, 1.54) is 5.69 Å². The summed E-state index contributed by atoms with van der Waals surface area (Å²) in [6, 6.07) is 0. The molecule has 5 nitrogen and oxygen atoms in total. The minimum atomic E-state index is 0.170. The fourth-order valence-corrected chi connectivity index (χ4v) is 2.04. The van der Waals surface area contributed by atoms with Gasteiger partial charge in [-0.25, -0.2) is 4.98 Å². The number of imidazole rings is 1. The van der Waals surface area contributed by atoms with E-state index >= 15 is 0 Å².